The van der Waals surface area contributed by atoms with E-state index in [-0.39, 0.29) is 36.4 Å². The number of guanidine groups is 1. The van der Waals surface area contributed by atoms with Crippen molar-refractivity contribution in [2.75, 3.05) is 19.7 Å². The molecule has 6 nitrogen and oxygen atoms in total. The van der Waals surface area contributed by atoms with Gasteiger partial charge in [-0.05, 0) is 30.7 Å². The molecule has 0 radical (unpaired) electrons. The van der Waals surface area contributed by atoms with Crippen molar-refractivity contribution in [1.29, 1.82) is 0 Å². The van der Waals surface area contributed by atoms with Gasteiger partial charge in [-0.2, -0.15) is 13.2 Å². The largest absolute Gasteiger partial charge is 0.469 e. The summed E-state index contributed by atoms with van der Waals surface area (Å²) in [6.45, 7) is 2.17. The Kier molecular flexibility index (Phi) is 9.97. The molecule has 2 aromatic heterocycles. The first-order valence-corrected chi connectivity index (χ1v) is 8.15. The molecule has 2 rings (SSSR count). The zero-order valence-corrected chi connectivity index (χ0v) is 17.1. The topological polar surface area (TPSA) is 71.7 Å². The van der Waals surface area contributed by atoms with Gasteiger partial charge in [-0.3, -0.25) is 0 Å². The molecule has 0 saturated carbocycles. The highest BCUT2D eigenvalue weighted by Gasteiger charge is 2.28. The first-order chi connectivity index (χ1) is 12.5. The number of rotatable bonds is 8. The number of hydrogen-bond acceptors (Lipinski definition) is 4. The Labute approximate surface area is 172 Å². The van der Waals surface area contributed by atoms with E-state index in [4.69, 9.17) is 4.42 Å². The van der Waals surface area contributed by atoms with Crippen molar-refractivity contribution in [3.8, 4) is 5.88 Å². The molecule has 150 valence electrons. The van der Waals surface area contributed by atoms with Crippen LogP contribution in [0.5, 0.6) is 5.88 Å². The average Bonchev–Trinajstić information content (AvgIpc) is 3.11. The van der Waals surface area contributed by atoms with Crippen LogP contribution in [0.1, 0.15) is 18.2 Å². The number of aromatic nitrogens is 1. The zero-order chi connectivity index (χ0) is 18.8. The molecule has 2 heterocycles. The molecule has 27 heavy (non-hydrogen) atoms. The Morgan fingerprint density at radius 2 is 2.11 bits per heavy atom. The Morgan fingerprint density at radius 3 is 2.78 bits per heavy atom. The highest BCUT2D eigenvalue weighted by molar-refractivity contribution is 14.0. The number of halogens is 4. The third-order valence-electron chi connectivity index (χ3n) is 3.19. The van der Waals surface area contributed by atoms with Gasteiger partial charge in [0.05, 0.1) is 12.8 Å². The summed E-state index contributed by atoms with van der Waals surface area (Å²) in [5.41, 5.74) is 0.695. The quantitative estimate of drug-likeness (QED) is 0.331. The van der Waals surface area contributed by atoms with Crippen molar-refractivity contribution >= 4 is 29.9 Å². The van der Waals surface area contributed by atoms with Gasteiger partial charge in [0.1, 0.15) is 5.76 Å². The number of ether oxygens (including phenoxy) is 1. The fraction of sp³-hybridized carbons (Fsp3) is 0.412. The minimum atomic E-state index is -4.40. The highest BCUT2D eigenvalue weighted by atomic mass is 127. The summed E-state index contributed by atoms with van der Waals surface area (Å²) in [6, 6.07) is 6.85. The predicted molar refractivity (Wildman–Crippen MR) is 106 cm³/mol. The molecule has 0 aliphatic rings. The lowest BCUT2D eigenvalue weighted by Gasteiger charge is -2.11. The highest BCUT2D eigenvalue weighted by Crippen LogP contribution is 2.17. The first-order valence-electron chi connectivity index (χ1n) is 8.15. The maximum atomic E-state index is 12.2. The molecule has 0 aliphatic heterocycles. The second-order valence-corrected chi connectivity index (χ2v) is 5.36. The van der Waals surface area contributed by atoms with E-state index in [2.05, 4.69) is 25.3 Å². The van der Waals surface area contributed by atoms with Crippen molar-refractivity contribution in [3.63, 3.8) is 0 Å². The van der Waals surface area contributed by atoms with Gasteiger partial charge in [0.2, 0.25) is 5.88 Å². The minimum absolute atomic E-state index is 0. The molecule has 2 N–H and O–H groups in total. The number of hydrogen-bond donors (Lipinski definition) is 2. The number of alkyl halides is 3. The number of nitrogens with one attached hydrogen (secondary N) is 2. The summed E-state index contributed by atoms with van der Waals surface area (Å²) >= 11 is 0. The lowest BCUT2D eigenvalue weighted by Crippen LogP contribution is -2.38. The lowest BCUT2D eigenvalue weighted by molar-refractivity contribution is -0.154. The van der Waals surface area contributed by atoms with Crippen LogP contribution in [0.2, 0.25) is 0 Å². The van der Waals surface area contributed by atoms with E-state index in [1.165, 1.54) is 12.3 Å². The van der Waals surface area contributed by atoms with Gasteiger partial charge in [0.25, 0.3) is 0 Å². The van der Waals surface area contributed by atoms with Crippen LogP contribution < -0.4 is 15.4 Å². The minimum Gasteiger partial charge on any atom is -0.469 e. The van der Waals surface area contributed by atoms with E-state index in [1.807, 2.05) is 19.1 Å². The molecular formula is C17H22F3IN4O2. The number of furan rings is 1. The van der Waals surface area contributed by atoms with Crippen LogP contribution in [-0.2, 0) is 13.0 Å². The molecule has 0 atom stereocenters. The van der Waals surface area contributed by atoms with E-state index in [9.17, 15) is 13.2 Å². The first kappa shape index (κ1) is 23.1. The number of nitrogens with zero attached hydrogens (tertiary/aromatic N) is 2. The average molecular weight is 498 g/mol. The maximum absolute atomic E-state index is 12.2. The van der Waals surface area contributed by atoms with Crippen molar-refractivity contribution in [1.82, 2.24) is 15.6 Å². The Morgan fingerprint density at radius 1 is 1.30 bits per heavy atom. The summed E-state index contributed by atoms with van der Waals surface area (Å²) in [6.07, 6.45) is -0.668. The molecule has 0 aromatic carbocycles. The third kappa shape index (κ3) is 9.50. The van der Waals surface area contributed by atoms with E-state index in [0.717, 1.165) is 5.76 Å². The smallest absolute Gasteiger partial charge is 0.422 e. The van der Waals surface area contributed by atoms with Gasteiger partial charge in [-0.1, -0.05) is 0 Å². The van der Waals surface area contributed by atoms with Gasteiger partial charge in [0, 0.05) is 31.8 Å². The Balaban J connectivity index is 0.00000364. The van der Waals surface area contributed by atoms with Crippen LogP contribution in [-0.4, -0.2) is 36.8 Å². The molecule has 0 amide bonds. The van der Waals surface area contributed by atoms with Crippen molar-refractivity contribution in [2.45, 2.75) is 26.1 Å². The van der Waals surface area contributed by atoms with Crippen LogP contribution in [0, 0.1) is 0 Å². The van der Waals surface area contributed by atoms with Gasteiger partial charge in [-0.25, -0.2) is 9.98 Å². The molecule has 0 aliphatic carbocycles. The maximum Gasteiger partial charge on any atom is 0.422 e. The molecule has 10 heteroatoms. The monoisotopic (exact) mass is 498 g/mol. The number of aliphatic imine (C=N–C) groups is 1. The normalized spacial score (nSPS) is 11.6. The second kappa shape index (κ2) is 11.7. The predicted octanol–water partition coefficient (Wildman–Crippen LogP) is 3.53. The standard InChI is InChI=1S/C17H21F3N4O2.HI/c1-2-21-16(23-8-6-14-4-3-9-25-14)24-11-13-5-7-22-15(10-13)26-12-17(18,19)20;/h3-5,7,9-10H,2,6,8,11-12H2,1H3,(H2,21,23,24);1H. The molecule has 2 aromatic rings. The van der Waals surface area contributed by atoms with Crippen molar-refractivity contribution in [2.24, 2.45) is 4.99 Å². The van der Waals surface area contributed by atoms with Crippen LogP contribution in [0.25, 0.3) is 0 Å². The van der Waals surface area contributed by atoms with Gasteiger partial charge in [0.15, 0.2) is 12.6 Å². The van der Waals surface area contributed by atoms with Crippen LogP contribution in [0.3, 0.4) is 0 Å². The Hall–Kier alpha value is -1.98. The molecule has 0 saturated heterocycles. The van der Waals surface area contributed by atoms with Gasteiger partial charge >= 0.3 is 6.18 Å². The Bertz CT molecular complexity index is 694. The summed E-state index contributed by atoms with van der Waals surface area (Å²) < 4.78 is 46.5. The van der Waals surface area contributed by atoms with Gasteiger partial charge in [-0.15, -0.1) is 24.0 Å². The summed E-state index contributed by atoms with van der Waals surface area (Å²) in [7, 11) is 0. The number of pyridine rings is 1. The zero-order valence-electron chi connectivity index (χ0n) is 14.8. The van der Waals surface area contributed by atoms with E-state index in [1.54, 1.807) is 12.3 Å². The van der Waals surface area contributed by atoms with Crippen LogP contribution >= 0.6 is 24.0 Å². The second-order valence-electron chi connectivity index (χ2n) is 5.36. The third-order valence-corrected chi connectivity index (χ3v) is 3.19. The summed E-state index contributed by atoms with van der Waals surface area (Å²) in [5, 5.41) is 6.28. The van der Waals surface area contributed by atoms with Crippen LogP contribution in [0.15, 0.2) is 46.1 Å². The molecule has 0 bridgehead atoms. The van der Waals surface area contributed by atoms with E-state index in [0.29, 0.717) is 31.0 Å². The van der Waals surface area contributed by atoms with E-state index < -0.39 is 12.8 Å². The van der Waals surface area contributed by atoms with Crippen molar-refractivity contribution < 1.29 is 22.3 Å². The lowest BCUT2D eigenvalue weighted by atomic mass is 10.3. The molecule has 0 unspecified atom stereocenters. The fourth-order valence-electron chi connectivity index (χ4n) is 2.05. The summed E-state index contributed by atoms with van der Waals surface area (Å²) in [4.78, 5) is 8.18. The SMILES string of the molecule is CCNC(=NCc1ccnc(OCC(F)(F)F)c1)NCCc1ccco1.I. The molecular weight excluding hydrogens is 476 g/mol. The van der Waals surface area contributed by atoms with Crippen LogP contribution in [0.4, 0.5) is 13.2 Å². The van der Waals surface area contributed by atoms with E-state index >= 15 is 0 Å². The van der Waals surface area contributed by atoms with Crippen molar-refractivity contribution in [3.05, 3.63) is 48.0 Å². The summed E-state index contributed by atoms with van der Waals surface area (Å²) in [5.74, 6) is 1.40. The molecule has 0 fully saturated rings. The fourth-order valence-corrected chi connectivity index (χ4v) is 2.05. The van der Waals surface area contributed by atoms with Gasteiger partial charge < -0.3 is 19.8 Å². The molecule has 0 spiro atoms.